The zero-order chi connectivity index (χ0) is 15.3. The van der Waals surface area contributed by atoms with E-state index in [1.54, 1.807) is 6.92 Å². The maximum atomic E-state index is 13.4. The molecule has 1 aromatic rings. The molecular weight excluding hydrogens is 357 g/mol. The lowest BCUT2D eigenvalue weighted by Gasteiger charge is -2.09. The molecule has 0 aliphatic rings. The highest BCUT2D eigenvalue weighted by Gasteiger charge is 2.18. The number of nitrogens with zero attached hydrogens (tertiary/aromatic N) is 1. The maximum absolute atomic E-state index is 13.4. The largest absolute Gasteiger partial charge is 0.378 e. The molecule has 0 aliphatic carbocycles. The Hall–Kier alpha value is -1.26. The average molecular weight is 370 g/mol. The molecule has 0 aromatic heterocycles. The minimum absolute atomic E-state index is 0.0324. The fourth-order valence-electron chi connectivity index (χ4n) is 1.44. The summed E-state index contributed by atoms with van der Waals surface area (Å²) >= 11 is 2.86. The molecule has 0 saturated carbocycles. The quantitative estimate of drug-likeness (QED) is 0.564. The van der Waals surface area contributed by atoms with Crippen molar-refractivity contribution in [3.8, 4) is 0 Å². The number of nitrogens with one attached hydrogen (secondary N) is 2. The van der Waals surface area contributed by atoms with Gasteiger partial charge in [-0.1, -0.05) is 6.92 Å². The molecule has 0 unspecified atom stereocenters. The molecule has 0 saturated heterocycles. The van der Waals surface area contributed by atoms with Crippen molar-refractivity contribution in [2.45, 2.75) is 6.92 Å². The van der Waals surface area contributed by atoms with Gasteiger partial charge in [0, 0.05) is 25.2 Å². The van der Waals surface area contributed by atoms with Crippen molar-refractivity contribution >= 4 is 37.3 Å². The predicted molar refractivity (Wildman–Crippen MR) is 76.7 cm³/mol. The molecule has 0 spiro atoms. The molecule has 0 amide bonds. The zero-order valence-corrected chi connectivity index (χ0v) is 12.9. The first-order valence-corrected chi connectivity index (χ1v) is 8.06. The Morgan fingerprint density at radius 3 is 2.65 bits per heavy atom. The van der Waals surface area contributed by atoms with E-state index < -0.39 is 20.8 Å². The molecule has 7 nitrogen and oxygen atoms in total. The average Bonchev–Trinajstić information content (AvgIpc) is 2.32. The second-order valence-corrected chi connectivity index (χ2v) is 6.56. The molecule has 1 rings (SSSR count). The van der Waals surface area contributed by atoms with Crippen LogP contribution in [0.3, 0.4) is 0 Å². The number of halogens is 2. The first kappa shape index (κ1) is 16.8. The van der Waals surface area contributed by atoms with Gasteiger partial charge in [0.05, 0.1) is 15.1 Å². The first-order chi connectivity index (χ1) is 9.26. The fraction of sp³-hybridized carbons (Fsp3) is 0.400. The minimum Gasteiger partial charge on any atom is -0.378 e. The van der Waals surface area contributed by atoms with Crippen molar-refractivity contribution in [2.75, 3.05) is 24.2 Å². The number of nitro benzene ring substituents is 1. The van der Waals surface area contributed by atoms with E-state index in [9.17, 15) is 22.9 Å². The lowest BCUT2D eigenvalue weighted by Crippen LogP contribution is -2.29. The van der Waals surface area contributed by atoms with Crippen LogP contribution in [0.25, 0.3) is 0 Å². The van der Waals surface area contributed by atoms with E-state index in [1.807, 2.05) is 0 Å². The Morgan fingerprint density at radius 2 is 2.10 bits per heavy atom. The van der Waals surface area contributed by atoms with Crippen LogP contribution in [0.15, 0.2) is 16.6 Å². The molecule has 0 aliphatic heterocycles. The van der Waals surface area contributed by atoms with Crippen molar-refractivity contribution < 1.29 is 17.7 Å². The molecule has 0 fully saturated rings. The van der Waals surface area contributed by atoms with Crippen LogP contribution in [0.2, 0.25) is 0 Å². The maximum Gasteiger partial charge on any atom is 0.293 e. The standard InChI is InChI=1S/C10H13BrFN3O4S/c1-2-14-20(18,19)4-3-13-9-6-8(12)7(11)5-10(9)15(16)17/h5-6,13-14H,2-4H2,1H3. The summed E-state index contributed by atoms with van der Waals surface area (Å²) in [5, 5.41) is 13.4. The van der Waals surface area contributed by atoms with Crippen LogP contribution >= 0.6 is 15.9 Å². The molecule has 1 aromatic carbocycles. The van der Waals surface area contributed by atoms with Crippen molar-refractivity contribution in [3.05, 3.63) is 32.5 Å². The number of hydrogen-bond acceptors (Lipinski definition) is 5. The molecule has 0 atom stereocenters. The summed E-state index contributed by atoms with van der Waals surface area (Å²) in [4.78, 5) is 10.2. The lowest BCUT2D eigenvalue weighted by atomic mass is 10.2. The molecule has 0 radical (unpaired) electrons. The van der Waals surface area contributed by atoms with Crippen LogP contribution in [0.5, 0.6) is 0 Å². The predicted octanol–water partition coefficient (Wildman–Crippen LogP) is 1.85. The lowest BCUT2D eigenvalue weighted by molar-refractivity contribution is -0.384. The molecule has 10 heteroatoms. The van der Waals surface area contributed by atoms with Gasteiger partial charge in [0.15, 0.2) is 0 Å². The van der Waals surface area contributed by atoms with Gasteiger partial charge < -0.3 is 5.32 Å². The van der Waals surface area contributed by atoms with Crippen LogP contribution < -0.4 is 10.0 Å². The normalized spacial score (nSPS) is 11.3. The van der Waals surface area contributed by atoms with E-state index in [4.69, 9.17) is 0 Å². The minimum atomic E-state index is -3.44. The summed E-state index contributed by atoms with van der Waals surface area (Å²) in [5.74, 6) is -0.942. The Balaban J connectivity index is 2.83. The van der Waals surface area contributed by atoms with Gasteiger partial charge in [0.25, 0.3) is 5.69 Å². The van der Waals surface area contributed by atoms with E-state index in [0.29, 0.717) is 0 Å². The van der Waals surface area contributed by atoms with E-state index in [-0.39, 0.29) is 34.7 Å². The third-order valence-corrected chi connectivity index (χ3v) is 4.36. The summed E-state index contributed by atoms with van der Waals surface area (Å²) in [6, 6.07) is 1.97. The number of benzene rings is 1. The molecule has 0 heterocycles. The third-order valence-electron chi connectivity index (χ3n) is 2.29. The van der Waals surface area contributed by atoms with Crippen LogP contribution in [0.1, 0.15) is 6.92 Å². The Bertz CT molecular complexity index is 609. The summed E-state index contributed by atoms with van der Waals surface area (Å²) in [6.45, 7) is 1.83. The molecule has 20 heavy (non-hydrogen) atoms. The highest BCUT2D eigenvalue weighted by atomic mass is 79.9. The van der Waals surface area contributed by atoms with Crippen molar-refractivity contribution in [1.29, 1.82) is 0 Å². The fourth-order valence-corrected chi connectivity index (χ4v) is 2.73. The van der Waals surface area contributed by atoms with Crippen LogP contribution in [-0.2, 0) is 10.0 Å². The topological polar surface area (TPSA) is 101 Å². The van der Waals surface area contributed by atoms with Crippen molar-refractivity contribution in [3.63, 3.8) is 0 Å². The molecular formula is C10H13BrFN3O4S. The Labute approximate surface area is 123 Å². The number of sulfonamides is 1. The number of rotatable bonds is 7. The van der Waals surface area contributed by atoms with Crippen molar-refractivity contribution in [2.24, 2.45) is 0 Å². The Kier molecular flexibility index (Phi) is 5.84. The second-order valence-electron chi connectivity index (χ2n) is 3.78. The zero-order valence-electron chi connectivity index (χ0n) is 10.5. The van der Waals surface area contributed by atoms with E-state index in [2.05, 4.69) is 26.0 Å². The van der Waals surface area contributed by atoms with Gasteiger partial charge in [0.1, 0.15) is 11.5 Å². The van der Waals surface area contributed by atoms with Gasteiger partial charge in [-0.3, -0.25) is 10.1 Å². The van der Waals surface area contributed by atoms with Gasteiger partial charge in [-0.15, -0.1) is 0 Å². The summed E-state index contributed by atoms with van der Waals surface area (Å²) in [6.07, 6.45) is 0. The SMILES string of the molecule is CCNS(=O)(=O)CCNc1cc(F)c(Br)cc1[N+](=O)[O-]. The van der Waals surface area contributed by atoms with Crippen LogP contribution in [0, 0.1) is 15.9 Å². The summed E-state index contributed by atoms with van der Waals surface area (Å²) in [5.41, 5.74) is -0.401. The summed E-state index contributed by atoms with van der Waals surface area (Å²) in [7, 11) is -3.44. The van der Waals surface area contributed by atoms with E-state index in [1.165, 1.54) is 0 Å². The number of anilines is 1. The first-order valence-electron chi connectivity index (χ1n) is 5.61. The molecule has 0 bridgehead atoms. The van der Waals surface area contributed by atoms with Gasteiger partial charge in [-0.05, 0) is 15.9 Å². The van der Waals surface area contributed by atoms with Crippen LogP contribution in [0.4, 0.5) is 15.8 Å². The Morgan fingerprint density at radius 1 is 1.45 bits per heavy atom. The number of nitro groups is 1. The van der Waals surface area contributed by atoms with Gasteiger partial charge in [0.2, 0.25) is 10.0 Å². The number of hydrogen-bond donors (Lipinski definition) is 2. The monoisotopic (exact) mass is 369 g/mol. The highest BCUT2D eigenvalue weighted by molar-refractivity contribution is 9.10. The highest BCUT2D eigenvalue weighted by Crippen LogP contribution is 2.30. The van der Waals surface area contributed by atoms with Gasteiger partial charge in [-0.25, -0.2) is 17.5 Å². The van der Waals surface area contributed by atoms with E-state index in [0.717, 1.165) is 12.1 Å². The molecule has 2 N–H and O–H groups in total. The van der Waals surface area contributed by atoms with E-state index >= 15 is 0 Å². The van der Waals surface area contributed by atoms with Gasteiger partial charge in [-0.2, -0.15) is 0 Å². The third kappa shape index (κ3) is 4.69. The van der Waals surface area contributed by atoms with Crippen molar-refractivity contribution in [1.82, 2.24) is 4.72 Å². The summed E-state index contributed by atoms with van der Waals surface area (Å²) < 4.78 is 38.4. The smallest absolute Gasteiger partial charge is 0.293 e. The van der Waals surface area contributed by atoms with Gasteiger partial charge >= 0.3 is 0 Å². The second kappa shape index (κ2) is 6.95. The van der Waals surface area contributed by atoms with Crippen LogP contribution in [-0.4, -0.2) is 32.2 Å². The molecule has 112 valence electrons.